The summed E-state index contributed by atoms with van der Waals surface area (Å²) < 4.78 is 10.2. The second kappa shape index (κ2) is 9.59. The Bertz CT molecular complexity index is 840. The number of Topliss-reactive ketones (excluding diaryl/α,β-unsaturated/α-hetero) is 1. The second-order valence-corrected chi connectivity index (χ2v) is 5.98. The van der Waals surface area contributed by atoms with Crippen molar-refractivity contribution in [2.75, 3.05) is 13.7 Å². The smallest absolute Gasteiger partial charge is 0.312 e. The van der Waals surface area contributed by atoms with Gasteiger partial charge in [-0.3, -0.25) is 9.59 Å². The van der Waals surface area contributed by atoms with Crippen molar-refractivity contribution in [3.05, 3.63) is 64.7 Å². The molecule has 2 aromatic rings. The van der Waals surface area contributed by atoms with Gasteiger partial charge in [-0.1, -0.05) is 41.9 Å². The van der Waals surface area contributed by atoms with Gasteiger partial charge in [-0.05, 0) is 23.8 Å². The van der Waals surface area contributed by atoms with Gasteiger partial charge in [0.15, 0.2) is 6.61 Å². The molecule has 0 bridgehead atoms. The zero-order valence-corrected chi connectivity index (χ0v) is 15.4. The van der Waals surface area contributed by atoms with Crippen LogP contribution in [0.15, 0.2) is 48.5 Å². The number of urea groups is 1. The molecule has 2 amide bonds. The number of carbonyl (C=O) groups is 3. The van der Waals surface area contributed by atoms with E-state index in [2.05, 4.69) is 5.32 Å². The highest BCUT2D eigenvalue weighted by atomic mass is 35.5. The first kappa shape index (κ1) is 20.3. The van der Waals surface area contributed by atoms with E-state index in [0.29, 0.717) is 21.9 Å². The number of methoxy groups -OCH3 is 1. The van der Waals surface area contributed by atoms with Crippen molar-refractivity contribution in [1.29, 1.82) is 0 Å². The van der Waals surface area contributed by atoms with E-state index in [9.17, 15) is 14.4 Å². The third-order valence-electron chi connectivity index (χ3n) is 3.74. The largest absolute Gasteiger partial charge is 0.496 e. The van der Waals surface area contributed by atoms with Crippen LogP contribution in [0.4, 0.5) is 4.79 Å². The van der Waals surface area contributed by atoms with Crippen LogP contribution in [-0.4, -0.2) is 31.5 Å². The van der Waals surface area contributed by atoms with Crippen LogP contribution in [0.3, 0.4) is 0 Å². The van der Waals surface area contributed by atoms with E-state index in [1.165, 1.54) is 7.11 Å². The zero-order valence-electron chi connectivity index (χ0n) is 14.6. The van der Waals surface area contributed by atoms with Gasteiger partial charge in [-0.15, -0.1) is 0 Å². The van der Waals surface area contributed by atoms with Crippen molar-refractivity contribution in [2.24, 2.45) is 5.73 Å². The Morgan fingerprint density at radius 2 is 1.78 bits per heavy atom. The van der Waals surface area contributed by atoms with E-state index in [1.807, 2.05) is 0 Å². The Hall–Kier alpha value is -3.06. The minimum Gasteiger partial charge on any atom is -0.496 e. The van der Waals surface area contributed by atoms with Gasteiger partial charge in [0.25, 0.3) is 0 Å². The first-order chi connectivity index (χ1) is 12.9. The van der Waals surface area contributed by atoms with Gasteiger partial charge in [-0.25, -0.2) is 4.79 Å². The molecule has 0 saturated heterocycles. The Morgan fingerprint density at radius 1 is 1.11 bits per heavy atom. The van der Waals surface area contributed by atoms with Gasteiger partial charge >= 0.3 is 12.0 Å². The highest BCUT2D eigenvalue weighted by Crippen LogP contribution is 2.25. The van der Waals surface area contributed by atoms with Crippen LogP contribution in [0.5, 0.6) is 5.75 Å². The number of esters is 1. The maximum atomic E-state index is 12.2. The van der Waals surface area contributed by atoms with Crippen molar-refractivity contribution in [3.63, 3.8) is 0 Å². The summed E-state index contributed by atoms with van der Waals surface area (Å²) in [6, 6.07) is 11.8. The van der Waals surface area contributed by atoms with Crippen molar-refractivity contribution < 1.29 is 23.9 Å². The fraction of sp³-hybridized carbons (Fsp3) is 0.211. The molecular formula is C19H19ClN2O5. The predicted octanol–water partition coefficient (Wildman–Crippen LogP) is 2.87. The van der Waals surface area contributed by atoms with Gasteiger partial charge < -0.3 is 20.5 Å². The van der Waals surface area contributed by atoms with Gasteiger partial charge in [0.1, 0.15) is 5.75 Å². The molecule has 0 aliphatic carbocycles. The Balaban J connectivity index is 2.02. The first-order valence-electron chi connectivity index (χ1n) is 8.04. The summed E-state index contributed by atoms with van der Waals surface area (Å²) in [6.45, 7) is -0.453. The lowest BCUT2D eigenvalue weighted by molar-refractivity contribution is -0.143. The molecule has 2 rings (SSSR count). The average molecular weight is 391 g/mol. The molecule has 3 N–H and O–H groups in total. The SMILES string of the molecule is COc1ccccc1C(=O)COC(=O)C[C@@H](NC(N)=O)c1ccccc1Cl. The van der Waals surface area contributed by atoms with E-state index in [0.717, 1.165) is 0 Å². The number of rotatable bonds is 8. The third-order valence-corrected chi connectivity index (χ3v) is 4.08. The number of ether oxygens (including phenoxy) is 2. The van der Waals surface area contributed by atoms with Crippen LogP contribution < -0.4 is 15.8 Å². The molecule has 142 valence electrons. The number of para-hydroxylation sites is 1. The van der Waals surface area contributed by atoms with Gasteiger partial charge in [0, 0.05) is 5.02 Å². The standard InChI is InChI=1S/C19H19ClN2O5/c1-26-17-9-5-3-7-13(17)16(23)11-27-18(24)10-15(22-19(21)25)12-6-2-4-8-14(12)20/h2-9,15H,10-11H2,1H3,(H3,21,22,25)/t15-/m1/s1. The van der Waals surface area contributed by atoms with E-state index < -0.39 is 30.4 Å². The molecule has 27 heavy (non-hydrogen) atoms. The molecule has 0 spiro atoms. The number of ketones is 1. The summed E-state index contributed by atoms with van der Waals surface area (Å²) in [5, 5.41) is 2.82. The molecule has 0 saturated carbocycles. The minimum atomic E-state index is -0.808. The van der Waals surface area contributed by atoms with Crippen molar-refractivity contribution >= 4 is 29.4 Å². The Morgan fingerprint density at radius 3 is 2.44 bits per heavy atom. The molecule has 2 aromatic carbocycles. The quantitative estimate of drug-likeness (QED) is 0.532. The number of nitrogens with one attached hydrogen (secondary N) is 1. The van der Waals surface area contributed by atoms with E-state index in [1.54, 1.807) is 48.5 Å². The summed E-state index contributed by atoms with van der Waals surface area (Å²) in [6.07, 6.45) is -0.230. The second-order valence-electron chi connectivity index (χ2n) is 5.57. The molecule has 0 radical (unpaired) electrons. The van der Waals surface area contributed by atoms with Crippen LogP contribution in [0.25, 0.3) is 0 Å². The molecule has 0 aliphatic heterocycles. The van der Waals surface area contributed by atoms with E-state index >= 15 is 0 Å². The lowest BCUT2D eigenvalue weighted by Crippen LogP contribution is -2.35. The summed E-state index contributed by atoms with van der Waals surface area (Å²) in [4.78, 5) is 35.7. The van der Waals surface area contributed by atoms with Crippen LogP contribution in [0.2, 0.25) is 5.02 Å². The van der Waals surface area contributed by atoms with Crippen molar-refractivity contribution in [1.82, 2.24) is 5.32 Å². The maximum Gasteiger partial charge on any atom is 0.312 e. The zero-order chi connectivity index (χ0) is 19.8. The number of hydrogen-bond acceptors (Lipinski definition) is 5. The number of benzene rings is 2. The maximum absolute atomic E-state index is 12.2. The van der Waals surface area contributed by atoms with Crippen LogP contribution in [0.1, 0.15) is 28.4 Å². The number of halogens is 1. The average Bonchev–Trinajstić information content (AvgIpc) is 2.65. The molecule has 0 unspecified atom stereocenters. The summed E-state index contributed by atoms with van der Waals surface area (Å²) in [7, 11) is 1.45. The molecule has 0 heterocycles. The predicted molar refractivity (Wildman–Crippen MR) is 99.8 cm³/mol. The number of carbonyl (C=O) groups excluding carboxylic acids is 3. The number of amides is 2. The minimum absolute atomic E-state index is 0.230. The fourth-order valence-electron chi connectivity index (χ4n) is 2.49. The molecule has 0 aromatic heterocycles. The third kappa shape index (κ3) is 5.72. The molecule has 8 heteroatoms. The fourth-order valence-corrected chi connectivity index (χ4v) is 2.76. The normalized spacial score (nSPS) is 11.3. The van der Waals surface area contributed by atoms with Crippen LogP contribution >= 0.6 is 11.6 Å². The first-order valence-corrected chi connectivity index (χ1v) is 8.42. The molecule has 0 fully saturated rings. The van der Waals surface area contributed by atoms with Crippen molar-refractivity contribution in [3.8, 4) is 5.75 Å². The van der Waals surface area contributed by atoms with E-state index in [4.69, 9.17) is 26.8 Å². The Kier molecular flexibility index (Phi) is 7.19. The highest BCUT2D eigenvalue weighted by molar-refractivity contribution is 6.31. The van der Waals surface area contributed by atoms with Gasteiger partial charge in [-0.2, -0.15) is 0 Å². The summed E-state index contributed by atoms with van der Waals surface area (Å²) >= 11 is 6.11. The molecule has 0 aliphatic rings. The number of nitrogens with two attached hydrogens (primary N) is 1. The van der Waals surface area contributed by atoms with Crippen molar-refractivity contribution in [2.45, 2.75) is 12.5 Å². The van der Waals surface area contributed by atoms with Crippen LogP contribution in [-0.2, 0) is 9.53 Å². The lowest BCUT2D eigenvalue weighted by atomic mass is 10.0. The molecule has 7 nitrogen and oxygen atoms in total. The molecular weight excluding hydrogens is 372 g/mol. The number of primary amides is 1. The van der Waals surface area contributed by atoms with E-state index in [-0.39, 0.29) is 6.42 Å². The lowest BCUT2D eigenvalue weighted by Gasteiger charge is -2.18. The molecule has 1 atom stereocenters. The highest BCUT2D eigenvalue weighted by Gasteiger charge is 2.22. The monoisotopic (exact) mass is 390 g/mol. The topological polar surface area (TPSA) is 108 Å². The summed E-state index contributed by atoms with van der Waals surface area (Å²) in [5.74, 6) is -0.697. The van der Waals surface area contributed by atoms with Gasteiger partial charge in [0.2, 0.25) is 5.78 Å². The number of hydrogen-bond donors (Lipinski definition) is 2. The van der Waals surface area contributed by atoms with Crippen LogP contribution in [0, 0.1) is 0 Å². The Labute approximate surface area is 161 Å². The van der Waals surface area contributed by atoms with Gasteiger partial charge in [0.05, 0.1) is 25.1 Å². The summed E-state index contributed by atoms with van der Waals surface area (Å²) in [5.41, 5.74) is 6.00.